The summed E-state index contributed by atoms with van der Waals surface area (Å²) in [5.74, 6) is -0.688. The summed E-state index contributed by atoms with van der Waals surface area (Å²) in [5.41, 5.74) is 0.800. The number of alkyl halides is 1. The number of rotatable bonds is 21. The molecule has 2 aromatic rings. The van der Waals surface area contributed by atoms with Gasteiger partial charge in [-0.1, -0.05) is 120 Å². The fourth-order valence-corrected chi connectivity index (χ4v) is 4.55. The van der Waals surface area contributed by atoms with E-state index in [1.165, 1.54) is 84.2 Å². The molecule has 0 aliphatic carbocycles. The molecule has 0 saturated carbocycles. The number of nitrogens with one attached hydrogen (secondary N) is 1. The van der Waals surface area contributed by atoms with Crippen LogP contribution in [0.5, 0.6) is 5.75 Å². The van der Waals surface area contributed by atoms with E-state index in [9.17, 15) is 9.59 Å². The Morgan fingerprint density at radius 1 is 0.737 bits per heavy atom. The number of carbonyl (C=O) groups is 2. The van der Waals surface area contributed by atoms with Crippen LogP contribution < -0.4 is 10.1 Å². The topological polar surface area (TPSA) is 64.6 Å². The fourth-order valence-electron chi connectivity index (χ4n) is 4.40. The summed E-state index contributed by atoms with van der Waals surface area (Å²) in [4.78, 5) is 25.7. The number of ketones is 1. The first-order valence-electron chi connectivity index (χ1n) is 14.4. The zero-order chi connectivity index (χ0) is 27.5. The molecular formula is C32H46ClNO4. The molecule has 0 fully saturated rings. The van der Waals surface area contributed by atoms with Gasteiger partial charge in [-0.2, -0.15) is 0 Å². The number of halogens is 1. The van der Waals surface area contributed by atoms with Crippen LogP contribution in [0.1, 0.15) is 107 Å². The van der Waals surface area contributed by atoms with Crippen molar-refractivity contribution in [2.24, 2.45) is 0 Å². The summed E-state index contributed by atoms with van der Waals surface area (Å²) in [6.07, 6.45) is 18.5. The lowest BCUT2D eigenvalue weighted by atomic mass is 10.0. The third-order valence-corrected chi connectivity index (χ3v) is 7.28. The maximum absolute atomic E-state index is 13.0. The maximum atomic E-state index is 13.0. The van der Waals surface area contributed by atoms with Gasteiger partial charge in [-0.25, -0.2) is 0 Å². The van der Waals surface area contributed by atoms with E-state index in [2.05, 4.69) is 12.2 Å². The van der Waals surface area contributed by atoms with Gasteiger partial charge in [0.05, 0.1) is 6.61 Å². The van der Waals surface area contributed by atoms with Crippen LogP contribution in [0.2, 0.25) is 0 Å². The van der Waals surface area contributed by atoms with E-state index < -0.39 is 16.8 Å². The van der Waals surface area contributed by atoms with Gasteiger partial charge in [-0.05, 0) is 42.8 Å². The lowest BCUT2D eigenvalue weighted by Gasteiger charge is -2.23. The van der Waals surface area contributed by atoms with Gasteiger partial charge in [0.25, 0.3) is 11.0 Å². The maximum Gasteiger partial charge on any atom is 0.285 e. The molecular weight excluding hydrogens is 498 g/mol. The molecule has 1 N–H and O–H groups in total. The van der Waals surface area contributed by atoms with Gasteiger partial charge >= 0.3 is 0 Å². The van der Waals surface area contributed by atoms with E-state index in [0.717, 1.165) is 12.8 Å². The molecule has 0 radical (unpaired) electrons. The highest BCUT2D eigenvalue weighted by atomic mass is 35.5. The van der Waals surface area contributed by atoms with Crippen LogP contribution >= 0.6 is 11.6 Å². The number of ether oxygens (including phenoxy) is 2. The number of Topliss-reactive ketones (excluding diaryl/α,β-unsaturated/α-hetero) is 1. The van der Waals surface area contributed by atoms with Crippen LogP contribution in [0.25, 0.3) is 0 Å². The SMILES string of the molecule is CCCCCCCCCCCCCCCCOc1ccc(C(=O)C(Cl)(OC)C(=O)Nc2ccccc2)cc1. The van der Waals surface area contributed by atoms with Crippen LogP contribution in [0, 0.1) is 0 Å². The Kier molecular flexibility index (Phi) is 15.8. The van der Waals surface area contributed by atoms with E-state index in [1.54, 1.807) is 48.5 Å². The second-order valence-corrected chi connectivity index (χ2v) is 10.4. The van der Waals surface area contributed by atoms with Crippen LogP contribution in [0.3, 0.4) is 0 Å². The first kappa shape index (κ1) is 31.8. The first-order valence-corrected chi connectivity index (χ1v) is 14.8. The minimum atomic E-state index is -2.16. The number of anilines is 1. The Balaban J connectivity index is 1.60. The highest BCUT2D eigenvalue weighted by molar-refractivity contribution is 6.48. The smallest absolute Gasteiger partial charge is 0.285 e. The quantitative estimate of drug-likeness (QED) is 0.0738. The Morgan fingerprint density at radius 3 is 1.74 bits per heavy atom. The van der Waals surface area contributed by atoms with Crippen molar-refractivity contribution < 1.29 is 19.1 Å². The van der Waals surface area contributed by atoms with Crippen molar-refractivity contribution in [2.75, 3.05) is 19.0 Å². The van der Waals surface area contributed by atoms with Crippen molar-refractivity contribution in [1.82, 2.24) is 0 Å². The molecule has 1 atom stereocenters. The number of amides is 1. The van der Waals surface area contributed by atoms with Crippen molar-refractivity contribution in [3.05, 3.63) is 60.2 Å². The van der Waals surface area contributed by atoms with Gasteiger partial charge in [0.1, 0.15) is 5.75 Å². The molecule has 210 valence electrons. The largest absolute Gasteiger partial charge is 0.494 e. The average Bonchev–Trinajstić information content (AvgIpc) is 2.95. The summed E-state index contributed by atoms with van der Waals surface area (Å²) in [7, 11) is 1.24. The molecule has 6 heteroatoms. The summed E-state index contributed by atoms with van der Waals surface area (Å²) >= 11 is 6.34. The summed E-state index contributed by atoms with van der Waals surface area (Å²) in [6, 6.07) is 15.4. The van der Waals surface area contributed by atoms with Crippen molar-refractivity contribution in [1.29, 1.82) is 0 Å². The highest BCUT2D eigenvalue weighted by Crippen LogP contribution is 2.26. The fraction of sp³-hybridized carbons (Fsp3) is 0.562. The minimum absolute atomic E-state index is 0.272. The lowest BCUT2D eigenvalue weighted by molar-refractivity contribution is -0.126. The monoisotopic (exact) mass is 543 g/mol. The molecule has 0 aliphatic rings. The minimum Gasteiger partial charge on any atom is -0.494 e. The van der Waals surface area contributed by atoms with Crippen LogP contribution in [0.4, 0.5) is 5.69 Å². The molecule has 0 heterocycles. The molecule has 0 spiro atoms. The number of hydrogen-bond acceptors (Lipinski definition) is 4. The number of benzene rings is 2. The zero-order valence-corrected chi connectivity index (χ0v) is 24.1. The van der Waals surface area contributed by atoms with Crippen LogP contribution in [-0.2, 0) is 9.53 Å². The average molecular weight is 544 g/mol. The van der Waals surface area contributed by atoms with Gasteiger partial charge in [0.2, 0.25) is 5.78 Å². The van der Waals surface area contributed by atoms with E-state index in [1.807, 2.05) is 6.07 Å². The van der Waals surface area contributed by atoms with E-state index in [0.29, 0.717) is 18.0 Å². The first-order chi connectivity index (χ1) is 18.5. The van der Waals surface area contributed by atoms with Gasteiger partial charge in [0.15, 0.2) is 0 Å². The molecule has 2 rings (SSSR count). The predicted octanol–water partition coefficient (Wildman–Crippen LogP) is 8.95. The number of unbranched alkanes of at least 4 members (excludes halogenated alkanes) is 13. The molecule has 2 aromatic carbocycles. The van der Waals surface area contributed by atoms with E-state index >= 15 is 0 Å². The molecule has 0 bridgehead atoms. The molecule has 1 amide bonds. The molecule has 5 nitrogen and oxygen atoms in total. The van der Waals surface area contributed by atoms with E-state index in [4.69, 9.17) is 21.1 Å². The third kappa shape index (κ3) is 11.6. The lowest BCUT2D eigenvalue weighted by Crippen LogP contribution is -2.46. The Morgan fingerprint density at radius 2 is 1.24 bits per heavy atom. The van der Waals surface area contributed by atoms with Gasteiger partial charge < -0.3 is 14.8 Å². The Bertz CT molecular complexity index is 919. The van der Waals surface area contributed by atoms with Crippen molar-refractivity contribution in [3.8, 4) is 5.75 Å². The van der Waals surface area contributed by atoms with Crippen molar-refractivity contribution >= 4 is 29.0 Å². The summed E-state index contributed by atoms with van der Waals surface area (Å²) in [5, 5.41) is 0.465. The third-order valence-electron chi connectivity index (χ3n) is 6.78. The summed E-state index contributed by atoms with van der Waals surface area (Å²) < 4.78 is 11.0. The second-order valence-electron chi connectivity index (χ2n) is 9.92. The normalized spacial score (nSPS) is 12.6. The number of methoxy groups -OCH3 is 1. The second kappa shape index (κ2) is 18.8. The highest BCUT2D eigenvalue weighted by Gasteiger charge is 2.45. The molecule has 0 saturated heterocycles. The molecule has 0 aromatic heterocycles. The number of hydrogen-bond donors (Lipinski definition) is 1. The number of para-hydroxylation sites is 1. The van der Waals surface area contributed by atoms with Gasteiger partial charge in [-0.3, -0.25) is 9.59 Å². The van der Waals surface area contributed by atoms with Crippen LogP contribution in [-0.4, -0.2) is 30.5 Å². The molecule has 0 aliphatic heterocycles. The Labute approximate surface area is 234 Å². The van der Waals surface area contributed by atoms with Crippen molar-refractivity contribution in [2.45, 2.75) is 102 Å². The standard InChI is InChI=1S/C32H46ClNO4/c1-3-4-5-6-7-8-9-10-11-12-13-14-15-19-26-38-29-24-22-27(23-25-29)30(35)32(33,37-2)31(36)34-28-20-17-16-18-21-28/h16-18,20-25H,3-15,19,26H2,1-2H3,(H,34,36). The van der Waals surface area contributed by atoms with Gasteiger partial charge in [0, 0.05) is 18.4 Å². The number of carbonyl (C=O) groups excluding carboxylic acids is 2. The van der Waals surface area contributed by atoms with E-state index in [-0.39, 0.29) is 5.56 Å². The zero-order valence-electron chi connectivity index (χ0n) is 23.3. The Hall–Kier alpha value is -2.37. The molecule has 38 heavy (non-hydrogen) atoms. The summed E-state index contributed by atoms with van der Waals surface area (Å²) in [6.45, 7) is 2.91. The predicted molar refractivity (Wildman–Crippen MR) is 157 cm³/mol. The molecule has 1 unspecified atom stereocenters. The van der Waals surface area contributed by atoms with Crippen LogP contribution in [0.15, 0.2) is 54.6 Å². The van der Waals surface area contributed by atoms with Crippen molar-refractivity contribution in [3.63, 3.8) is 0 Å². The van der Waals surface area contributed by atoms with Gasteiger partial charge in [-0.15, -0.1) is 0 Å².